The molecule has 0 aromatic carbocycles. The number of rotatable bonds is 4. The number of aromatic nitrogens is 1. The number of hydrogen-bond donors (Lipinski definition) is 0. The molecule has 2 aliphatic rings. The number of amides is 1. The average molecular weight is 353 g/mol. The summed E-state index contributed by atoms with van der Waals surface area (Å²) in [6, 6.07) is 0.354. The SMILES string of the molecule is CCN(C(=O)c1sc(N2CCOCC2)nc1C)C1CCN(C)CC1. The highest BCUT2D eigenvalue weighted by molar-refractivity contribution is 7.17. The zero-order valence-electron chi connectivity index (χ0n) is 15.0. The van der Waals surface area contributed by atoms with Crippen LogP contribution in [-0.2, 0) is 4.74 Å². The van der Waals surface area contributed by atoms with Gasteiger partial charge in [-0.3, -0.25) is 4.79 Å². The molecule has 2 fully saturated rings. The van der Waals surface area contributed by atoms with Crippen molar-refractivity contribution in [3.8, 4) is 0 Å². The van der Waals surface area contributed by atoms with Crippen LogP contribution in [0.5, 0.6) is 0 Å². The molecule has 0 bridgehead atoms. The monoisotopic (exact) mass is 352 g/mol. The van der Waals surface area contributed by atoms with E-state index in [4.69, 9.17) is 4.74 Å². The van der Waals surface area contributed by atoms with Gasteiger partial charge in [-0.1, -0.05) is 11.3 Å². The van der Waals surface area contributed by atoms with Crippen LogP contribution in [0.3, 0.4) is 0 Å². The van der Waals surface area contributed by atoms with Gasteiger partial charge in [0.05, 0.1) is 18.9 Å². The number of ether oxygens (including phenoxy) is 1. The Kier molecular flexibility index (Phi) is 5.73. The van der Waals surface area contributed by atoms with Crippen molar-refractivity contribution in [3.05, 3.63) is 10.6 Å². The van der Waals surface area contributed by atoms with E-state index in [2.05, 4.69) is 33.7 Å². The lowest BCUT2D eigenvalue weighted by Gasteiger charge is -2.36. The molecule has 3 heterocycles. The van der Waals surface area contributed by atoms with Crippen LogP contribution in [0.4, 0.5) is 5.13 Å². The molecule has 0 aliphatic carbocycles. The maximum Gasteiger partial charge on any atom is 0.266 e. The van der Waals surface area contributed by atoms with Crippen LogP contribution in [0.2, 0.25) is 0 Å². The zero-order valence-corrected chi connectivity index (χ0v) is 15.8. The summed E-state index contributed by atoms with van der Waals surface area (Å²) < 4.78 is 5.41. The molecule has 1 aromatic heterocycles. The summed E-state index contributed by atoms with van der Waals surface area (Å²) in [5.41, 5.74) is 0.859. The molecule has 134 valence electrons. The third-order valence-corrected chi connectivity index (χ3v) is 6.20. The minimum absolute atomic E-state index is 0.154. The third-order valence-electron chi connectivity index (χ3n) is 4.99. The number of likely N-dealkylation sites (tertiary alicyclic amines) is 1. The molecule has 0 N–H and O–H groups in total. The Hall–Kier alpha value is -1.18. The van der Waals surface area contributed by atoms with E-state index in [0.717, 1.165) is 74.5 Å². The molecule has 24 heavy (non-hydrogen) atoms. The number of carbonyl (C=O) groups is 1. The second-order valence-electron chi connectivity index (χ2n) is 6.64. The van der Waals surface area contributed by atoms with Crippen LogP contribution in [0, 0.1) is 6.92 Å². The number of morpholine rings is 1. The highest BCUT2D eigenvalue weighted by atomic mass is 32.1. The number of anilines is 1. The summed E-state index contributed by atoms with van der Waals surface area (Å²) >= 11 is 1.54. The van der Waals surface area contributed by atoms with Crippen LogP contribution < -0.4 is 4.90 Å². The fourth-order valence-corrected chi connectivity index (χ4v) is 4.55. The van der Waals surface area contributed by atoms with Crippen LogP contribution in [0.25, 0.3) is 0 Å². The van der Waals surface area contributed by atoms with Crippen molar-refractivity contribution < 1.29 is 9.53 Å². The minimum Gasteiger partial charge on any atom is -0.378 e. The fraction of sp³-hybridized carbons (Fsp3) is 0.765. The number of carbonyl (C=O) groups excluding carboxylic acids is 1. The van der Waals surface area contributed by atoms with E-state index in [9.17, 15) is 4.79 Å². The van der Waals surface area contributed by atoms with Crippen LogP contribution in [-0.4, -0.2) is 79.7 Å². The molecule has 2 saturated heterocycles. The van der Waals surface area contributed by atoms with Crippen molar-refractivity contribution >= 4 is 22.4 Å². The standard InChI is InChI=1S/C17H28N4O2S/c1-4-21(14-5-7-19(3)8-6-14)16(22)15-13(2)18-17(24-15)20-9-11-23-12-10-20/h14H,4-12H2,1-3H3. The maximum atomic E-state index is 13.1. The quantitative estimate of drug-likeness (QED) is 0.828. The summed E-state index contributed by atoms with van der Waals surface area (Å²) in [5.74, 6) is 0.154. The first kappa shape index (κ1) is 17.6. The molecular weight excluding hydrogens is 324 g/mol. The molecular formula is C17H28N4O2S. The fourth-order valence-electron chi connectivity index (χ4n) is 3.48. The summed E-state index contributed by atoms with van der Waals surface area (Å²) in [4.78, 5) is 25.2. The lowest BCUT2D eigenvalue weighted by atomic mass is 10.0. The van der Waals surface area contributed by atoms with Crippen LogP contribution in [0.1, 0.15) is 35.1 Å². The molecule has 7 heteroatoms. The van der Waals surface area contributed by atoms with E-state index in [0.29, 0.717) is 6.04 Å². The highest BCUT2D eigenvalue weighted by Crippen LogP contribution is 2.29. The zero-order chi connectivity index (χ0) is 17.1. The lowest BCUT2D eigenvalue weighted by molar-refractivity contribution is 0.0610. The predicted molar refractivity (Wildman–Crippen MR) is 97.1 cm³/mol. The predicted octanol–water partition coefficient (Wildman–Crippen LogP) is 1.84. The normalized spacial score (nSPS) is 20.4. The van der Waals surface area contributed by atoms with Crippen molar-refractivity contribution in [2.75, 3.05) is 57.9 Å². The largest absolute Gasteiger partial charge is 0.378 e. The topological polar surface area (TPSA) is 48.9 Å². The molecule has 3 rings (SSSR count). The molecule has 0 saturated carbocycles. The van der Waals surface area contributed by atoms with E-state index >= 15 is 0 Å². The number of piperidine rings is 1. The van der Waals surface area contributed by atoms with Crippen molar-refractivity contribution in [1.29, 1.82) is 0 Å². The third kappa shape index (κ3) is 3.73. The minimum atomic E-state index is 0.154. The number of thiazole rings is 1. The molecule has 2 aliphatic heterocycles. The van der Waals surface area contributed by atoms with Gasteiger partial charge >= 0.3 is 0 Å². The lowest BCUT2D eigenvalue weighted by Crippen LogP contribution is -2.46. The Morgan fingerprint density at radius 3 is 2.58 bits per heavy atom. The first-order valence-electron chi connectivity index (χ1n) is 8.89. The Labute approximate surface area is 148 Å². The van der Waals surface area contributed by atoms with Crippen molar-refractivity contribution in [1.82, 2.24) is 14.8 Å². The molecule has 1 aromatic rings. The van der Waals surface area contributed by atoms with Gasteiger partial charge < -0.3 is 19.4 Å². The summed E-state index contributed by atoms with van der Waals surface area (Å²) in [5, 5.41) is 0.957. The van der Waals surface area contributed by atoms with Gasteiger partial charge in [-0.05, 0) is 46.8 Å². The van der Waals surface area contributed by atoms with Gasteiger partial charge in [-0.15, -0.1) is 0 Å². The number of hydrogen-bond acceptors (Lipinski definition) is 6. The van der Waals surface area contributed by atoms with E-state index in [1.807, 2.05) is 6.92 Å². The molecule has 0 spiro atoms. The van der Waals surface area contributed by atoms with E-state index in [1.165, 1.54) is 0 Å². The first-order valence-corrected chi connectivity index (χ1v) is 9.71. The molecule has 6 nitrogen and oxygen atoms in total. The van der Waals surface area contributed by atoms with Crippen LogP contribution in [0.15, 0.2) is 0 Å². The van der Waals surface area contributed by atoms with Crippen molar-refractivity contribution in [3.63, 3.8) is 0 Å². The van der Waals surface area contributed by atoms with Gasteiger partial charge in [-0.25, -0.2) is 4.98 Å². The maximum absolute atomic E-state index is 13.1. The van der Waals surface area contributed by atoms with Crippen molar-refractivity contribution in [2.24, 2.45) is 0 Å². The Morgan fingerprint density at radius 1 is 1.29 bits per heavy atom. The summed E-state index contributed by atoms with van der Waals surface area (Å²) in [7, 11) is 2.15. The van der Waals surface area contributed by atoms with Crippen LogP contribution >= 0.6 is 11.3 Å². The second-order valence-corrected chi connectivity index (χ2v) is 7.61. The van der Waals surface area contributed by atoms with E-state index < -0.39 is 0 Å². The smallest absolute Gasteiger partial charge is 0.266 e. The van der Waals surface area contributed by atoms with Gasteiger partial charge in [0, 0.05) is 25.7 Å². The van der Waals surface area contributed by atoms with Gasteiger partial charge in [0.2, 0.25) is 0 Å². The number of nitrogens with zero attached hydrogens (tertiary/aromatic N) is 4. The first-order chi connectivity index (χ1) is 11.6. The molecule has 0 radical (unpaired) electrons. The molecule has 1 amide bonds. The average Bonchev–Trinajstić information content (AvgIpc) is 3.00. The van der Waals surface area contributed by atoms with Gasteiger partial charge in [0.25, 0.3) is 5.91 Å². The van der Waals surface area contributed by atoms with Gasteiger partial charge in [0.15, 0.2) is 5.13 Å². The number of aryl methyl sites for hydroxylation is 1. The second kappa shape index (κ2) is 7.80. The van der Waals surface area contributed by atoms with E-state index in [1.54, 1.807) is 11.3 Å². The Morgan fingerprint density at radius 2 is 1.96 bits per heavy atom. The molecule has 0 unspecified atom stereocenters. The van der Waals surface area contributed by atoms with E-state index in [-0.39, 0.29) is 5.91 Å². The van der Waals surface area contributed by atoms with Gasteiger partial charge in [0.1, 0.15) is 4.88 Å². The van der Waals surface area contributed by atoms with Gasteiger partial charge in [-0.2, -0.15) is 0 Å². The summed E-state index contributed by atoms with van der Waals surface area (Å²) in [6.07, 6.45) is 2.12. The molecule has 0 atom stereocenters. The Balaban J connectivity index is 1.74. The Bertz CT molecular complexity index is 563. The highest BCUT2D eigenvalue weighted by Gasteiger charge is 2.29. The summed E-state index contributed by atoms with van der Waals surface area (Å²) in [6.45, 7) is 10.1. The van der Waals surface area contributed by atoms with Crippen molar-refractivity contribution in [2.45, 2.75) is 32.7 Å².